The summed E-state index contributed by atoms with van der Waals surface area (Å²) in [5, 5.41) is 13.2. The Hall–Kier alpha value is -1.87. The van der Waals surface area contributed by atoms with Crippen molar-refractivity contribution in [3.05, 3.63) is 17.0 Å². The van der Waals surface area contributed by atoms with Crippen molar-refractivity contribution in [3.63, 3.8) is 0 Å². The molecule has 20 heavy (non-hydrogen) atoms. The van der Waals surface area contributed by atoms with Gasteiger partial charge in [-0.2, -0.15) is 10.4 Å². The van der Waals surface area contributed by atoms with Crippen LogP contribution in [0.3, 0.4) is 0 Å². The zero-order valence-corrected chi connectivity index (χ0v) is 12.4. The van der Waals surface area contributed by atoms with Crippen LogP contribution in [0.1, 0.15) is 48.6 Å². The molecule has 1 aromatic rings. The summed E-state index contributed by atoms with van der Waals surface area (Å²) in [7, 11) is 1.77. The molecular formula is C14H20N4O2. The molecule has 0 aliphatic carbocycles. The number of hydrogen-bond acceptors (Lipinski definition) is 4. The summed E-state index contributed by atoms with van der Waals surface area (Å²) >= 11 is 0. The molecule has 0 spiro atoms. The number of fused-ring (bicyclic) bond motifs is 1. The molecule has 2 rings (SSSR count). The van der Waals surface area contributed by atoms with E-state index in [1.807, 2.05) is 26.8 Å². The first-order valence-electron chi connectivity index (χ1n) is 6.87. The first kappa shape index (κ1) is 14.5. The molecule has 0 saturated heterocycles. The first-order valence-corrected chi connectivity index (χ1v) is 6.87. The van der Waals surface area contributed by atoms with Gasteiger partial charge in [-0.3, -0.25) is 9.48 Å². The van der Waals surface area contributed by atoms with E-state index in [-0.39, 0.29) is 24.7 Å². The zero-order chi connectivity index (χ0) is 14.9. The molecule has 1 aromatic heterocycles. The predicted octanol–water partition coefficient (Wildman–Crippen LogP) is 1.43. The number of rotatable bonds is 3. The van der Waals surface area contributed by atoms with Gasteiger partial charge in [-0.15, -0.1) is 0 Å². The fourth-order valence-electron chi connectivity index (χ4n) is 2.69. The highest BCUT2D eigenvalue weighted by Gasteiger charge is 2.32. The lowest BCUT2D eigenvalue weighted by Crippen LogP contribution is -2.34. The van der Waals surface area contributed by atoms with Crippen LogP contribution in [-0.4, -0.2) is 39.8 Å². The number of carbonyl (C=O) groups excluding carboxylic acids is 1. The standard InChI is InChI=1S/C14H20N4O2/c1-5-18(7-6-15)14(19)13-11-8-9(2)20-10(3)12(11)16-17(13)4/h9-10H,5,7-8H2,1-4H3/t9-,10+/m1/s1. The van der Waals surface area contributed by atoms with Gasteiger partial charge >= 0.3 is 0 Å². The number of hydrogen-bond donors (Lipinski definition) is 0. The monoisotopic (exact) mass is 276 g/mol. The minimum Gasteiger partial charge on any atom is -0.369 e. The molecule has 0 bridgehead atoms. The normalized spacial score (nSPS) is 21.1. The molecule has 0 N–H and O–H groups in total. The number of nitrogens with zero attached hydrogens (tertiary/aromatic N) is 4. The van der Waals surface area contributed by atoms with Gasteiger partial charge in [0.25, 0.3) is 5.91 Å². The number of aromatic nitrogens is 2. The summed E-state index contributed by atoms with van der Waals surface area (Å²) in [5.41, 5.74) is 2.38. The van der Waals surface area contributed by atoms with Crippen molar-refractivity contribution < 1.29 is 9.53 Å². The molecule has 0 radical (unpaired) electrons. The smallest absolute Gasteiger partial charge is 0.273 e. The van der Waals surface area contributed by atoms with Gasteiger partial charge in [-0.25, -0.2) is 0 Å². The highest BCUT2D eigenvalue weighted by molar-refractivity contribution is 5.94. The van der Waals surface area contributed by atoms with Crippen LogP contribution >= 0.6 is 0 Å². The van der Waals surface area contributed by atoms with E-state index >= 15 is 0 Å². The van der Waals surface area contributed by atoms with Gasteiger partial charge in [-0.1, -0.05) is 0 Å². The minimum atomic E-state index is -0.133. The Bertz CT molecular complexity index is 558. The summed E-state index contributed by atoms with van der Waals surface area (Å²) in [4.78, 5) is 14.1. The molecule has 1 amide bonds. The second kappa shape index (κ2) is 5.63. The number of ether oxygens (including phenoxy) is 1. The number of carbonyl (C=O) groups is 1. The Morgan fingerprint density at radius 2 is 2.30 bits per heavy atom. The molecule has 6 nitrogen and oxygen atoms in total. The van der Waals surface area contributed by atoms with Crippen LogP contribution in [0, 0.1) is 11.3 Å². The van der Waals surface area contributed by atoms with E-state index in [0.29, 0.717) is 18.7 Å². The van der Waals surface area contributed by atoms with Crippen LogP contribution in [0.2, 0.25) is 0 Å². The van der Waals surface area contributed by atoms with Crippen LogP contribution in [0.5, 0.6) is 0 Å². The van der Waals surface area contributed by atoms with Crippen molar-refractivity contribution in [1.29, 1.82) is 5.26 Å². The molecular weight excluding hydrogens is 256 g/mol. The molecule has 2 heterocycles. The van der Waals surface area contributed by atoms with Crippen LogP contribution in [0.15, 0.2) is 0 Å². The maximum atomic E-state index is 12.6. The topological polar surface area (TPSA) is 71.2 Å². The zero-order valence-electron chi connectivity index (χ0n) is 12.4. The van der Waals surface area contributed by atoms with E-state index in [4.69, 9.17) is 10.00 Å². The summed E-state index contributed by atoms with van der Waals surface area (Å²) in [6.07, 6.45) is 0.644. The number of aryl methyl sites for hydroxylation is 1. The molecule has 0 saturated carbocycles. The highest BCUT2D eigenvalue weighted by Crippen LogP contribution is 2.31. The Labute approximate surface area is 118 Å². The van der Waals surface area contributed by atoms with Crippen molar-refractivity contribution in [2.24, 2.45) is 7.05 Å². The van der Waals surface area contributed by atoms with E-state index in [9.17, 15) is 4.79 Å². The van der Waals surface area contributed by atoms with Gasteiger partial charge in [0.15, 0.2) is 0 Å². The van der Waals surface area contributed by atoms with Gasteiger partial charge in [0, 0.05) is 25.6 Å². The SMILES string of the molecule is CCN(CC#N)C(=O)c1c2c(nn1C)[C@H](C)O[C@H](C)C2. The molecule has 6 heteroatoms. The Balaban J connectivity index is 2.43. The second-order valence-corrected chi connectivity index (χ2v) is 5.11. The predicted molar refractivity (Wildman–Crippen MR) is 73.1 cm³/mol. The lowest BCUT2D eigenvalue weighted by Gasteiger charge is -2.25. The summed E-state index contributed by atoms with van der Waals surface area (Å²) in [6, 6.07) is 2.03. The summed E-state index contributed by atoms with van der Waals surface area (Å²) < 4.78 is 7.36. The van der Waals surface area contributed by atoms with Crippen molar-refractivity contribution in [1.82, 2.24) is 14.7 Å². The average Bonchev–Trinajstić information content (AvgIpc) is 2.72. The van der Waals surface area contributed by atoms with Crippen molar-refractivity contribution in [2.75, 3.05) is 13.1 Å². The van der Waals surface area contributed by atoms with Crippen LogP contribution in [0.4, 0.5) is 0 Å². The maximum Gasteiger partial charge on any atom is 0.273 e. The highest BCUT2D eigenvalue weighted by atomic mass is 16.5. The van der Waals surface area contributed by atoms with E-state index in [1.165, 1.54) is 4.90 Å². The maximum absolute atomic E-state index is 12.6. The van der Waals surface area contributed by atoms with Gasteiger partial charge in [0.05, 0.1) is 24.0 Å². The third-order valence-corrected chi connectivity index (χ3v) is 3.62. The fraction of sp³-hybridized carbons (Fsp3) is 0.643. The van der Waals surface area contributed by atoms with Crippen LogP contribution < -0.4 is 0 Å². The van der Waals surface area contributed by atoms with Gasteiger partial charge < -0.3 is 9.64 Å². The second-order valence-electron chi connectivity index (χ2n) is 5.11. The number of amides is 1. The van der Waals surface area contributed by atoms with E-state index in [2.05, 4.69) is 5.10 Å². The average molecular weight is 276 g/mol. The molecule has 1 aliphatic heterocycles. The Kier molecular flexibility index (Phi) is 4.09. The third-order valence-electron chi connectivity index (χ3n) is 3.62. The van der Waals surface area contributed by atoms with Gasteiger partial charge in [0.2, 0.25) is 0 Å². The molecule has 0 fully saturated rings. The lowest BCUT2D eigenvalue weighted by atomic mass is 9.99. The van der Waals surface area contributed by atoms with Gasteiger partial charge in [0.1, 0.15) is 12.2 Å². The van der Waals surface area contributed by atoms with Crippen LogP contribution in [0.25, 0.3) is 0 Å². The third kappa shape index (κ3) is 2.41. The quantitative estimate of drug-likeness (QED) is 0.783. The van der Waals surface area contributed by atoms with Crippen molar-refractivity contribution >= 4 is 5.91 Å². The molecule has 0 unspecified atom stereocenters. The first-order chi connectivity index (χ1) is 9.49. The van der Waals surface area contributed by atoms with E-state index < -0.39 is 0 Å². The van der Waals surface area contributed by atoms with E-state index in [0.717, 1.165) is 11.3 Å². The summed E-state index contributed by atoms with van der Waals surface area (Å²) in [6.45, 7) is 6.41. The van der Waals surface area contributed by atoms with E-state index in [1.54, 1.807) is 11.7 Å². The Morgan fingerprint density at radius 3 is 2.90 bits per heavy atom. The minimum absolute atomic E-state index is 0.0688. The van der Waals surface area contributed by atoms with Crippen molar-refractivity contribution in [3.8, 4) is 6.07 Å². The molecule has 0 aromatic carbocycles. The Morgan fingerprint density at radius 1 is 1.60 bits per heavy atom. The molecule has 108 valence electrons. The lowest BCUT2D eigenvalue weighted by molar-refractivity contribution is -0.00713. The molecule has 2 atom stereocenters. The molecule has 1 aliphatic rings. The number of nitriles is 1. The van der Waals surface area contributed by atoms with Crippen molar-refractivity contribution in [2.45, 2.75) is 39.4 Å². The van der Waals surface area contributed by atoms with Gasteiger partial charge in [-0.05, 0) is 20.8 Å². The summed E-state index contributed by atoms with van der Waals surface area (Å²) in [5.74, 6) is -0.133. The largest absolute Gasteiger partial charge is 0.369 e. The fourth-order valence-corrected chi connectivity index (χ4v) is 2.69. The van der Waals surface area contributed by atoms with Crippen LogP contribution in [-0.2, 0) is 18.2 Å².